The van der Waals surface area contributed by atoms with Crippen LogP contribution in [0, 0.1) is 0 Å². The molecular formula is C29H46O9Si. The van der Waals surface area contributed by atoms with Gasteiger partial charge in [0.25, 0.3) is 0 Å². The fraction of sp³-hybridized carbons (Fsp3) is 0.759. The molecule has 1 aromatic carbocycles. The van der Waals surface area contributed by atoms with E-state index < -0.39 is 56.3 Å². The Morgan fingerprint density at radius 1 is 0.949 bits per heavy atom. The van der Waals surface area contributed by atoms with Crippen LogP contribution in [-0.2, 0) is 49.3 Å². The molecule has 0 bridgehead atoms. The minimum Gasteiger partial charge on any atom is -0.374 e. The number of carbonyl (C=O) groups is 1. The zero-order valence-electron chi connectivity index (χ0n) is 24.4. The van der Waals surface area contributed by atoms with Crippen molar-refractivity contribution in [1.29, 1.82) is 0 Å². The summed E-state index contributed by atoms with van der Waals surface area (Å²) < 4.78 is 49.3. The standard InChI is InChI=1S/C29H46O9Si/c1-28(2)35-22-15-21(23(16-30)33-19-31-13-14-39(5,6)7)34-27(25(22)37-28)26-24(36-29(3,4)38-26)18-32-17-20-11-9-8-10-12-20/h8-12,16,21-27H,13-15,17-19H2,1-7H3/t21-,22-,23-,24-,25-,26-,27-/m1/s1. The number of aldehydes is 1. The first-order valence-corrected chi connectivity index (χ1v) is 17.7. The molecule has 0 radical (unpaired) electrons. The maximum Gasteiger partial charge on any atom is 0.164 e. The van der Waals surface area contributed by atoms with Crippen LogP contribution in [-0.4, -0.2) is 88.7 Å². The summed E-state index contributed by atoms with van der Waals surface area (Å²) in [4.78, 5) is 12.1. The highest BCUT2D eigenvalue weighted by atomic mass is 28.3. The summed E-state index contributed by atoms with van der Waals surface area (Å²) in [6.07, 6.45) is -2.26. The van der Waals surface area contributed by atoms with Gasteiger partial charge in [0.15, 0.2) is 17.9 Å². The molecule has 0 spiro atoms. The lowest BCUT2D eigenvalue weighted by atomic mass is 9.91. The van der Waals surface area contributed by atoms with Crippen LogP contribution in [0.4, 0.5) is 0 Å². The Balaban J connectivity index is 1.44. The molecule has 1 aromatic rings. The van der Waals surface area contributed by atoms with Crippen LogP contribution >= 0.6 is 0 Å². The van der Waals surface area contributed by atoms with Crippen molar-refractivity contribution in [2.45, 2.75) is 121 Å². The second-order valence-electron chi connectivity index (χ2n) is 12.8. The van der Waals surface area contributed by atoms with Gasteiger partial charge in [-0.25, -0.2) is 0 Å². The van der Waals surface area contributed by atoms with E-state index in [4.69, 9.17) is 37.9 Å². The van der Waals surface area contributed by atoms with Gasteiger partial charge < -0.3 is 42.7 Å². The average Bonchev–Trinajstić information content (AvgIpc) is 3.34. The van der Waals surface area contributed by atoms with Crippen molar-refractivity contribution in [3.05, 3.63) is 35.9 Å². The number of ether oxygens (including phenoxy) is 8. The van der Waals surface area contributed by atoms with E-state index in [1.54, 1.807) is 0 Å². The van der Waals surface area contributed by atoms with Gasteiger partial charge in [-0.2, -0.15) is 0 Å². The molecule has 3 heterocycles. The topological polar surface area (TPSA) is 90.9 Å². The van der Waals surface area contributed by atoms with Crippen LogP contribution in [0.3, 0.4) is 0 Å². The Hall–Kier alpha value is -1.21. The van der Waals surface area contributed by atoms with Gasteiger partial charge in [-0.1, -0.05) is 50.0 Å². The van der Waals surface area contributed by atoms with Crippen molar-refractivity contribution < 1.29 is 42.7 Å². The Bertz CT molecular complexity index is 919. The predicted molar refractivity (Wildman–Crippen MR) is 147 cm³/mol. The summed E-state index contributed by atoms with van der Waals surface area (Å²) in [5, 5.41) is 0. The SMILES string of the molecule is CC1(C)O[C@@H]([C@@H]2O[C@@H]([C@@H](C=O)OCOCC[Si](C)(C)C)C[C@H]3OC(C)(C)O[C@@H]23)[C@@H](COCc2ccccc2)O1. The molecule has 0 unspecified atom stereocenters. The van der Waals surface area contributed by atoms with E-state index in [-0.39, 0.29) is 12.9 Å². The monoisotopic (exact) mass is 566 g/mol. The number of hydrogen-bond acceptors (Lipinski definition) is 9. The van der Waals surface area contributed by atoms with E-state index in [0.717, 1.165) is 17.9 Å². The molecule has 3 fully saturated rings. The Kier molecular flexibility index (Phi) is 10.0. The van der Waals surface area contributed by atoms with Gasteiger partial charge in [0, 0.05) is 21.1 Å². The highest BCUT2D eigenvalue weighted by Gasteiger charge is 2.58. The fourth-order valence-electron chi connectivity index (χ4n) is 5.30. The summed E-state index contributed by atoms with van der Waals surface area (Å²) in [5.41, 5.74) is 1.08. The molecule has 3 saturated heterocycles. The van der Waals surface area contributed by atoms with Gasteiger partial charge in [-0.15, -0.1) is 0 Å². The largest absolute Gasteiger partial charge is 0.374 e. The van der Waals surface area contributed by atoms with Crippen molar-refractivity contribution in [1.82, 2.24) is 0 Å². The number of fused-ring (bicyclic) bond motifs is 1. The molecule has 0 amide bonds. The van der Waals surface area contributed by atoms with E-state index in [9.17, 15) is 4.79 Å². The molecular weight excluding hydrogens is 520 g/mol. The molecule has 3 aliphatic rings. The van der Waals surface area contributed by atoms with Crippen LogP contribution in [0.5, 0.6) is 0 Å². The molecule has 220 valence electrons. The van der Waals surface area contributed by atoms with E-state index >= 15 is 0 Å². The smallest absolute Gasteiger partial charge is 0.164 e. The lowest BCUT2D eigenvalue weighted by Crippen LogP contribution is -2.57. The van der Waals surface area contributed by atoms with E-state index in [2.05, 4.69) is 19.6 Å². The molecule has 7 atom stereocenters. The van der Waals surface area contributed by atoms with Crippen molar-refractivity contribution in [3.8, 4) is 0 Å². The minimum atomic E-state index is -1.22. The second-order valence-corrected chi connectivity index (χ2v) is 18.4. The van der Waals surface area contributed by atoms with Crippen molar-refractivity contribution >= 4 is 14.4 Å². The Morgan fingerprint density at radius 2 is 1.64 bits per heavy atom. The number of carbonyl (C=O) groups excluding carboxylic acids is 1. The number of rotatable bonds is 13. The van der Waals surface area contributed by atoms with Crippen LogP contribution in [0.2, 0.25) is 25.7 Å². The zero-order valence-corrected chi connectivity index (χ0v) is 25.4. The van der Waals surface area contributed by atoms with E-state index in [0.29, 0.717) is 26.2 Å². The summed E-state index contributed by atoms with van der Waals surface area (Å²) >= 11 is 0. The molecule has 39 heavy (non-hydrogen) atoms. The predicted octanol–water partition coefficient (Wildman–Crippen LogP) is 4.30. The van der Waals surface area contributed by atoms with Crippen molar-refractivity contribution in [3.63, 3.8) is 0 Å². The number of benzene rings is 1. The van der Waals surface area contributed by atoms with Gasteiger partial charge in [0.2, 0.25) is 0 Å². The molecule has 0 aromatic heterocycles. The molecule has 9 nitrogen and oxygen atoms in total. The zero-order chi connectivity index (χ0) is 28.3. The normalized spacial score (nSPS) is 32.6. The molecule has 0 aliphatic carbocycles. The van der Waals surface area contributed by atoms with Gasteiger partial charge >= 0.3 is 0 Å². The highest BCUT2D eigenvalue weighted by molar-refractivity contribution is 6.76. The quantitative estimate of drug-likeness (QED) is 0.150. The maximum atomic E-state index is 12.1. The minimum absolute atomic E-state index is 0.0291. The third kappa shape index (κ3) is 8.64. The maximum absolute atomic E-state index is 12.1. The summed E-state index contributed by atoms with van der Waals surface area (Å²) in [7, 11) is -1.22. The first-order chi connectivity index (χ1) is 18.4. The van der Waals surface area contributed by atoms with Crippen LogP contribution < -0.4 is 0 Å². The van der Waals surface area contributed by atoms with Gasteiger partial charge in [0.05, 0.1) is 25.4 Å². The number of hydrogen-bond donors (Lipinski definition) is 0. The summed E-state index contributed by atoms with van der Waals surface area (Å²) in [6.45, 7) is 15.8. The average molecular weight is 567 g/mol. The molecule has 3 aliphatic heterocycles. The lowest BCUT2D eigenvalue weighted by Gasteiger charge is -2.41. The molecule has 0 saturated carbocycles. The van der Waals surface area contributed by atoms with E-state index in [1.165, 1.54) is 0 Å². The Labute approximate surface area is 233 Å². The molecule has 10 heteroatoms. The van der Waals surface area contributed by atoms with Crippen LogP contribution in [0.1, 0.15) is 39.7 Å². The van der Waals surface area contributed by atoms with Gasteiger partial charge in [0.1, 0.15) is 37.3 Å². The van der Waals surface area contributed by atoms with Crippen LogP contribution in [0.15, 0.2) is 30.3 Å². The first kappa shape index (κ1) is 30.7. The van der Waals surface area contributed by atoms with Gasteiger partial charge in [-0.3, -0.25) is 0 Å². The van der Waals surface area contributed by atoms with Crippen molar-refractivity contribution in [2.75, 3.05) is 20.0 Å². The fourth-order valence-corrected chi connectivity index (χ4v) is 6.06. The molecule has 4 rings (SSSR count). The summed E-state index contributed by atoms with van der Waals surface area (Å²) in [5.74, 6) is -1.63. The van der Waals surface area contributed by atoms with Gasteiger partial charge in [-0.05, 0) is 39.3 Å². The summed E-state index contributed by atoms with van der Waals surface area (Å²) in [6, 6.07) is 11.0. The van der Waals surface area contributed by atoms with Crippen LogP contribution in [0.25, 0.3) is 0 Å². The first-order valence-electron chi connectivity index (χ1n) is 14.0. The Morgan fingerprint density at radius 3 is 2.33 bits per heavy atom. The highest BCUT2D eigenvalue weighted by Crippen LogP contribution is 2.43. The third-order valence-corrected chi connectivity index (χ3v) is 8.83. The second kappa shape index (κ2) is 12.8. The third-order valence-electron chi connectivity index (χ3n) is 7.12. The molecule has 0 N–H and O–H groups in total. The van der Waals surface area contributed by atoms with Crippen molar-refractivity contribution in [2.24, 2.45) is 0 Å². The lowest BCUT2D eigenvalue weighted by molar-refractivity contribution is -0.225. The van der Waals surface area contributed by atoms with E-state index in [1.807, 2.05) is 58.0 Å².